The van der Waals surface area contributed by atoms with Gasteiger partial charge in [0, 0.05) is 43.4 Å². The highest BCUT2D eigenvalue weighted by Gasteiger charge is 2.39. The summed E-state index contributed by atoms with van der Waals surface area (Å²) in [5, 5.41) is 10.4. The van der Waals surface area contributed by atoms with E-state index in [1.807, 2.05) is 42.3 Å². The molecule has 1 saturated heterocycles. The molecule has 3 aromatic heterocycles. The van der Waals surface area contributed by atoms with Crippen molar-refractivity contribution in [2.45, 2.75) is 31.5 Å². The van der Waals surface area contributed by atoms with Crippen molar-refractivity contribution in [2.24, 2.45) is 0 Å². The zero-order chi connectivity index (χ0) is 33.4. The average molecular weight is 658 g/mol. The number of carbonyl (C=O) groups excluding carboxylic acids is 1. The number of halogens is 2. The number of nitrogens with zero attached hydrogens (tertiary/aromatic N) is 5. The molecule has 48 heavy (non-hydrogen) atoms. The largest absolute Gasteiger partial charge is 0.497 e. The zero-order valence-electron chi connectivity index (χ0n) is 26.4. The third kappa shape index (κ3) is 6.19. The van der Waals surface area contributed by atoms with E-state index in [1.165, 1.54) is 23.9 Å². The summed E-state index contributed by atoms with van der Waals surface area (Å²) in [6.45, 7) is 1.49. The highest BCUT2D eigenvalue weighted by Crippen LogP contribution is 2.40. The number of fused-ring (bicyclic) bond motifs is 1. The van der Waals surface area contributed by atoms with Crippen LogP contribution in [0.1, 0.15) is 34.3 Å². The smallest absolute Gasteiger partial charge is 0.271 e. The molecule has 1 amide bonds. The Balaban J connectivity index is 1.26. The number of hydrogen-bond donors (Lipinski definition) is 2. The van der Waals surface area contributed by atoms with Crippen molar-refractivity contribution in [3.8, 4) is 22.8 Å². The van der Waals surface area contributed by atoms with Gasteiger partial charge in [0.05, 0.1) is 51.1 Å². The van der Waals surface area contributed by atoms with Gasteiger partial charge in [0.2, 0.25) is 0 Å². The normalized spacial score (nSPS) is 17.4. The summed E-state index contributed by atoms with van der Waals surface area (Å²) in [5.74, 6) is 0.0191. The Bertz CT molecular complexity index is 1950. The van der Waals surface area contributed by atoms with Crippen molar-refractivity contribution < 1.29 is 32.5 Å². The number of nitrogens with one attached hydrogen (secondary N) is 2. The number of alkyl halides is 1. The molecular weight excluding hydrogens is 624 g/mol. The fraction of sp³-hybridized carbons (Fsp3) is 0.294. The van der Waals surface area contributed by atoms with E-state index in [2.05, 4.69) is 25.7 Å². The fourth-order valence-electron chi connectivity index (χ4n) is 5.57. The molecule has 7 rings (SSSR count). The van der Waals surface area contributed by atoms with E-state index in [4.69, 9.17) is 18.9 Å². The van der Waals surface area contributed by atoms with Crippen LogP contribution in [-0.2, 0) is 16.0 Å². The lowest BCUT2D eigenvalue weighted by molar-refractivity contribution is -0.0443. The van der Waals surface area contributed by atoms with Gasteiger partial charge in [-0.05, 0) is 35.9 Å². The number of imidazole rings is 1. The second-order valence-corrected chi connectivity index (χ2v) is 11.5. The molecule has 1 aliphatic carbocycles. The van der Waals surface area contributed by atoms with Crippen molar-refractivity contribution in [3.63, 3.8) is 0 Å². The molecule has 0 radical (unpaired) electrons. The third-order valence-corrected chi connectivity index (χ3v) is 8.22. The lowest BCUT2D eigenvalue weighted by Gasteiger charge is -2.22. The summed E-state index contributed by atoms with van der Waals surface area (Å²) >= 11 is 0. The van der Waals surface area contributed by atoms with Gasteiger partial charge in [0.25, 0.3) is 5.91 Å². The number of carbonyl (C=O) groups is 1. The Hall–Kier alpha value is -5.34. The van der Waals surface area contributed by atoms with Crippen molar-refractivity contribution in [2.75, 3.05) is 44.7 Å². The van der Waals surface area contributed by atoms with Crippen molar-refractivity contribution in [1.29, 1.82) is 0 Å². The van der Waals surface area contributed by atoms with Gasteiger partial charge in [-0.25, -0.2) is 18.3 Å². The predicted octanol–water partition coefficient (Wildman–Crippen LogP) is 5.21. The van der Waals surface area contributed by atoms with Gasteiger partial charge < -0.3 is 34.5 Å². The Morgan fingerprint density at radius 3 is 2.48 bits per heavy atom. The maximum Gasteiger partial charge on any atom is 0.271 e. The summed E-state index contributed by atoms with van der Waals surface area (Å²) in [6, 6.07) is 15.3. The van der Waals surface area contributed by atoms with Crippen LogP contribution in [0.5, 0.6) is 11.5 Å². The van der Waals surface area contributed by atoms with Gasteiger partial charge in [-0.15, -0.1) is 5.10 Å². The quantitative estimate of drug-likeness (QED) is 0.196. The minimum absolute atomic E-state index is 0.0170. The lowest BCUT2D eigenvalue weighted by Crippen LogP contribution is -2.28. The topological polar surface area (TPSA) is 124 Å². The van der Waals surface area contributed by atoms with Gasteiger partial charge in [-0.3, -0.25) is 9.78 Å². The minimum Gasteiger partial charge on any atom is -0.497 e. The first-order chi connectivity index (χ1) is 23.3. The van der Waals surface area contributed by atoms with Crippen LogP contribution in [0, 0.1) is 5.82 Å². The summed E-state index contributed by atoms with van der Waals surface area (Å²) < 4.78 is 52.7. The molecule has 2 fully saturated rings. The van der Waals surface area contributed by atoms with Crippen LogP contribution in [0.3, 0.4) is 0 Å². The number of hydrogen-bond acceptors (Lipinski definition) is 10. The van der Waals surface area contributed by atoms with E-state index in [0.717, 1.165) is 16.9 Å². The summed E-state index contributed by atoms with van der Waals surface area (Å²) in [5.41, 5.74) is 3.93. The molecule has 248 valence electrons. The van der Waals surface area contributed by atoms with Gasteiger partial charge >= 0.3 is 0 Å². The molecule has 0 unspecified atom stereocenters. The third-order valence-electron chi connectivity index (χ3n) is 8.22. The van der Waals surface area contributed by atoms with E-state index >= 15 is 4.39 Å². The van der Waals surface area contributed by atoms with Crippen LogP contribution >= 0.6 is 0 Å². The second kappa shape index (κ2) is 13.0. The molecule has 1 saturated carbocycles. The van der Waals surface area contributed by atoms with E-state index < -0.39 is 30.2 Å². The molecule has 2 aliphatic rings. The monoisotopic (exact) mass is 657 g/mol. The zero-order valence-corrected chi connectivity index (χ0v) is 26.4. The number of methoxy groups -OCH3 is 2. The SMILES string of the molecule is COc1ccc(CN(C)c2cc(Nc3c(F)ccc(-c4ccc(C5OCCO5)cn4)c3OC)nn3c(C(=O)N[C@@H]4C[C@@H]4F)cnc23)cc1. The lowest BCUT2D eigenvalue weighted by atomic mass is 10.1. The highest BCUT2D eigenvalue weighted by atomic mass is 19.1. The van der Waals surface area contributed by atoms with Crippen LogP contribution in [0.15, 0.2) is 67.0 Å². The minimum atomic E-state index is -1.08. The number of benzene rings is 2. The van der Waals surface area contributed by atoms with Crippen LogP contribution in [0.2, 0.25) is 0 Å². The number of amides is 1. The maximum absolute atomic E-state index is 15.6. The molecule has 0 bridgehead atoms. The number of anilines is 3. The van der Waals surface area contributed by atoms with Crippen molar-refractivity contribution >= 4 is 28.7 Å². The second-order valence-electron chi connectivity index (χ2n) is 11.5. The van der Waals surface area contributed by atoms with Crippen molar-refractivity contribution in [3.05, 3.63) is 89.6 Å². The molecular formula is C34H33F2N7O5. The van der Waals surface area contributed by atoms with Gasteiger partial charge in [-0.2, -0.15) is 0 Å². The van der Waals surface area contributed by atoms with Gasteiger partial charge in [0.1, 0.15) is 17.6 Å². The number of ether oxygens (including phenoxy) is 4. The molecule has 14 heteroatoms. The number of aromatic nitrogens is 4. The van der Waals surface area contributed by atoms with E-state index in [0.29, 0.717) is 42.4 Å². The molecule has 2 aromatic carbocycles. The van der Waals surface area contributed by atoms with Gasteiger partial charge in [-0.1, -0.05) is 18.2 Å². The fourth-order valence-corrected chi connectivity index (χ4v) is 5.57. The summed E-state index contributed by atoms with van der Waals surface area (Å²) in [7, 11) is 4.92. The highest BCUT2D eigenvalue weighted by molar-refractivity contribution is 5.94. The Labute approximate surface area is 274 Å². The van der Waals surface area contributed by atoms with Crippen LogP contribution < -0.4 is 25.0 Å². The maximum atomic E-state index is 15.6. The Morgan fingerprint density at radius 2 is 1.81 bits per heavy atom. The van der Waals surface area contributed by atoms with Crippen LogP contribution in [0.4, 0.5) is 26.0 Å². The van der Waals surface area contributed by atoms with Crippen LogP contribution in [0.25, 0.3) is 16.9 Å². The van der Waals surface area contributed by atoms with E-state index in [9.17, 15) is 9.18 Å². The molecule has 1 aliphatic heterocycles. The van der Waals surface area contributed by atoms with Crippen LogP contribution in [-0.4, -0.2) is 72.2 Å². The van der Waals surface area contributed by atoms with E-state index in [-0.39, 0.29) is 29.4 Å². The Morgan fingerprint density at radius 1 is 1.04 bits per heavy atom. The van der Waals surface area contributed by atoms with E-state index in [1.54, 1.807) is 31.5 Å². The first kappa shape index (κ1) is 31.3. The first-order valence-corrected chi connectivity index (χ1v) is 15.3. The molecule has 12 nitrogen and oxygen atoms in total. The Kier molecular flexibility index (Phi) is 8.50. The number of pyridine rings is 1. The number of rotatable bonds is 11. The average Bonchev–Trinajstić information content (AvgIpc) is 3.46. The molecule has 5 aromatic rings. The molecule has 2 atom stereocenters. The molecule has 2 N–H and O–H groups in total. The van der Waals surface area contributed by atoms with Gasteiger partial charge in [0.15, 0.2) is 35.0 Å². The molecule has 0 spiro atoms. The standard InChI is InChI=1S/C34H33F2N7O5/c1-42(18-19-4-7-21(45-2)8-5-19)27-15-29(41-43-28(17-38-32(27)43)33(44)39-26-14-24(26)36)40-30-23(35)10-9-22(31(30)46-3)25-11-6-20(16-37-25)34-47-12-13-48-34/h4-11,15-17,24,26,34H,12-14,18H2,1-3H3,(H,39,44)(H,40,41)/t24-,26+/m0/s1. The summed E-state index contributed by atoms with van der Waals surface area (Å²) in [4.78, 5) is 24.1. The first-order valence-electron chi connectivity index (χ1n) is 15.3. The predicted molar refractivity (Wildman–Crippen MR) is 173 cm³/mol. The molecule has 4 heterocycles. The van der Waals surface area contributed by atoms with Crippen molar-refractivity contribution in [1.82, 2.24) is 24.9 Å². The summed E-state index contributed by atoms with van der Waals surface area (Å²) in [6.07, 6.45) is 1.74.